The molecule has 0 bridgehead atoms. The molecule has 1 nitrogen and oxygen atoms in total. The Morgan fingerprint density at radius 2 is 1.92 bits per heavy atom. The van der Waals surface area contributed by atoms with Crippen molar-refractivity contribution >= 4 is 12.4 Å². The Labute approximate surface area is 86.7 Å². The zero-order valence-electron chi connectivity index (χ0n) is 8.50. The summed E-state index contributed by atoms with van der Waals surface area (Å²) >= 11 is 0. The van der Waals surface area contributed by atoms with Crippen LogP contribution in [0.25, 0.3) is 0 Å². The summed E-state index contributed by atoms with van der Waals surface area (Å²) in [7, 11) is 0. The Kier molecular flexibility index (Phi) is 5.04. The van der Waals surface area contributed by atoms with Crippen molar-refractivity contribution in [2.24, 2.45) is 5.73 Å². The van der Waals surface area contributed by atoms with E-state index in [4.69, 9.17) is 5.73 Å². The van der Waals surface area contributed by atoms with E-state index in [0.717, 1.165) is 6.42 Å². The summed E-state index contributed by atoms with van der Waals surface area (Å²) in [6.45, 7) is 6.34. The molecule has 0 aliphatic heterocycles. The van der Waals surface area contributed by atoms with Gasteiger partial charge in [-0.3, -0.25) is 0 Å². The van der Waals surface area contributed by atoms with Crippen molar-refractivity contribution in [2.75, 3.05) is 0 Å². The van der Waals surface area contributed by atoms with Gasteiger partial charge in [0.15, 0.2) is 0 Å². The molecule has 0 fully saturated rings. The second kappa shape index (κ2) is 5.25. The van der Waals surface area contributed by atoms with E-state index in [9.17, 15) is 0 Å². The van der Waals surface area contributed by atoms with E-state index in [0.29, 0.717) is 0 Å². The van der Waals surface area contributed by atoms with Crippen LogP contribution in [0, 0.1) is 13.8 Å². The van der Waals surface area contributed by atoms with Gasteiger partial charge >= 0.3 is 0 Å². The molecular weight excluding hydrogens is 182 g/mol. The van der Waals surface area contributed by atoms with Crippen LogP contribution in [-0.2, 0) is 0 Å². The third-order valence-electron chi connectivity index (χ3n) is 2.27. The molecule has 0 saturated heterocycles. The summed E-state index contributed by atoms with van der Waals surface area (Å²) in [6, 6.07) is 6.65. The number of hydrogen-bond donors (Lipinski definition) is 1. The van der Waals surface area contributed by atoms with Crippen molar-refractivity contribution < 1.29 is 0 Å². The molecule has 0 heterocycles. The van der Waals surface area contributed by atoms with E-state index >= 15 is 0 Å². The fraction of sp³-hybridized carbons (Fsp3) is 0.455. The average molecular weight is 200 g/mol. The molecule has 1 atom stereocenters. The maximum atomic E-state index is 5.96. The highest BCUT2D eigenvalue weighted by Gasteiger charge is 2.05. The van der Waals surface area contributed by atoms with Gasteiger partial charge in [0.05, 0.1) is 0 Å². The third kappa shape index (κ3) is 3.02. The molecule has 1 aromatic rings. The third-order valence-corrected chi connectivity index (χ3v) is 2.27. The summed E-state index contributed by atoms with van der Waals surface area (Å²) < 4.78 is 0. The van der Waals surface area contributed by atoms with Gasteiger partial charge in [0.1, 0.15) is 0 Å². The van der Waals surface area contributed by atoms with Gasteiger partial charge in [-0.2, -0.15) is 0 Å². The lowest BCUT2D eigenvalue weighted by Gasteiger charge is -2.12. The molecule has 1 rings (SSSR count). The summed E-state index contributed by atoms with van der Waals surface area (Å²) in [6.07, 6.45) is 1.00. The molecule has 0 radical (unpaired) electrons. The van der Waals surface area contributed by atoms with Crippen LogP contribution in [0.5, 0.6) is 0 Å². The largest absolute Gasteiger partial charge is 0.324 e. The quantitative estimate of drug-likeness (QED) is 0.778. The van der Waals surface area contributed by atoms with Gasteiger partial charge in [-0.15, -0.1) is 12.4 Å². The summed E-state index contributed by atoms with van der Waals surface area (Å²) in [5.41, 5.74) is 9.85. The van der Waals surface area contributed by atoms with E-state index in [1.807, 2.05) is 0 Å². The molecule has 1 aromatic carbocycles. The fourth-order valence-electron chi connectivity index (χ4n) is 1.38. The Morgan fingerprint density at radius 3 is 2.46 bits per heavy atom. The van der Waals surface area contributed by atoms with Gasteiger partial charge in [0.25, 0.3) is 0 Å². The first-order valence-corrected chi connectivity index (χ1v) is 4.48. The topological polar surface area (TPSA) is 26.0 Å². The predicted octanol–water partition coefficient (Wildman–Crippen LogP) is 3.14. The fourth-order valence-corrected chi connectivity index (χ4v) is 1.38. The summed E-state index contributed by atoms with van der Waals surface area (Å²) in [4.78, 5) is 0. The first-order chi connectivity index (χ1) is 5.65. The van der Waals surface area contributed by atoms with Crippen LogP contribution in [0.15, 0.2) is 18.2 Å². The lowest BCUT2D eigenvalue weighted by Crippen LogP contribution is -2.10. The maximum Gasteiger partial charge on any atom is 0.0294 e. The van der Waals surface area contributed by atoms with Crippen molar-refractivity contribution in [3.05, 3.63) is 34.9 Å². The van der Waals surface area contributed by atoms with Gasteiger partial charge in [0, 0.05) is 6.04 Å². The van der Waals surface area contributed by atoms with Gasteiger partial charge in [0.2, 0.25) is 0 Å². The Hall–Kier alpha value is -0.530. The zero-order chi connectivity index (χ0) is 9.14. The molecule has 0 aliphatic carbocycles. The predicted molar refractivity (Wildman–Crippen MR) is 60.4 cm³/mol. The van der Waals surface area contributed by atoms with Crippen molar-refractivity contribution in [1.29, 1.82) is 0 Å². The number of halogens is 1. The first-order valence-electron chi connectivity index (χ1n) is 4.48. The van der Waals surface area contributed by atoms with Crippen molar-refractivity contribution in [2.45, 2.75) is 33.2 Å². The van der Waals surface area contributed by atoms with E-state index in [1.165, 1.54) is 16.7 Å². The van der Waals surface area contributed by atoms with Gasteiger partial charge in [-0.1, -0.05) is 30.7 Å². The van der Waals surface area contributed by atoms with Crippen LogP contribution < -0.4 is 5.73 Å². The standard InChI is InChI=1S/C11H17N.ClH/c1-4-11(12)10-7-8(2)5-6-9(10)3;/h5-7,11H,4,12H2,1-3H3;1H/t11-;/m1./s1. The SMILES string of the molecule is CC[C@@H](N)c1cc(C)ccc1C.Cl. The number of hydrogen-bond acceptors (Lipinski definition) is 1. The molecule has 0 amide bonds. The lowest BCUT2D eigenvalue weighted by molar-refractivity contribution is 0.693. The van der Waals surface area contributed by atoms with Crippen molar-refractivity contribution in [3.63, 3.8) is 0 Å². The minimum atomic E-state index is 0. The second-order valence-electron chi connectivity index (χ2n) is 3.37. The van der Waals surface area contributed by atoms with Crippen LogP contribution in [0.3, 0.4) is 0 Å². The minimum absolute atomic E-state index is 0. The second-order valence-corrected chi connectivity index (χ2v) is 3.37. The Balaban J connectivity index is 0.00000144. The summed E-state index contributed by atoms with van der Waals surface area (Å²) in [5, 5.41) is 0. The molecule has 2 heteroatoms. The number of aryl methyl sites for hydroxylation is 2. The molecule has 2 N–H and O–H groups in total. The van der Waals surface area contributed by atoms with E-state index in [1.54, 1.807) is 0 Å². The molecule has 0 spiro atoms. The van der Waals surface area contributed by atoms with E-state index < -0.39 is 0 Å². The number of nitrogens with two attached hydrogens (primary N) is 1. The van der Waals surface area contributed by atoms with E-state index in [-0.39, 0.29) is 18.4 Å². The van der Waals surface area contributed by atoms with Gasteiger partial charge < -0.3 is 5.73 Å². The van der Waals surface area contributed by atoms with Crippen LogP contribution in [0.4, 0.5) is 0 Å². The maximum absolute atomic E-state index is 5.96. The average Bonchev–Trinajstić information content (AvgIpc) is 2.08. The molecule has 0 aliphatic rings. The molecule has 0 unspecified atom stereocenters. The van der Waals surface area contributed by atoms with Gasteiger partial charge in [-0.05, 0) is 31.4 Å². The monoisotopic (exact) mass is 199 g/mol. The molecule has 13 heavy (non-hydrogen) atoms. The van der Waals surface area contributed by atoms with Crippen LogP contribution in [0.2, 0.25) is 0 Å². The Bertz CT molecular complexity index is 271. The zero-order valence-corrected chi connectivity index (χ0v) is 9.32. The lowest BCUT2D eigenvalue weighted by atomic mass is 9.98. The minimum Gasteiger partial charge on any atom is -0.324 e. The number of rotatable bonds is 2. The van der Waals surface area contributed by atoms with Crippen LogP contribution >= 0.6 is 12.4 Å². The van der Waals surface area contributed by atoms with Crippen molar-refractivity contribution in [1.82, 2.24) is 0 Å². The van der Waals surface area contributed by atoms with Crippen LogP contribution in [-0.4, -0.2) is 0 Å². The molecule has 0 aromatic heterocycles. The first kappa shape index (κ1) is 12.5. The van der Waals surface area contributed by atoms with Crippen molar-refractivity contribution in [3.8, 4) is 0 Å². The molecule has 0 saturated carbocycles. The molecule has 74 valence electrons. The highest BCUT2D eigenvalue weighted by molar-refractivity contribution is 5.85. The number of benzene rings is 1. The highest BCUT2D eigenvalue weighted by atomic mass is 35.5. The Morgan fingerprint density at radius 1 is 1.31 bits per heavy atom. The highest BCUT2D eigenvalue weighted by Crippen LogP contribution is 2.19. The van der Waals surface area contributed by atoms with Gasteiger partial charge in [-0.25, -0.2) is 0 Å². The molecular formula is C11H18ClN. The summed E-state index contributed by atoms with van der Waals surface area (Å²) in [5.74, 6) is 0. The van der Waals surface area contributed by atoms with E-state index in [2.05, 4.69) is 39.0 Å². The van der Waals surface area contributed by atoms with Crippen LogP contribution in [0.1, 0.15) is 36.1 Å². The smallest absolute Gasteiger partial charge is 0.0294 e. The normalized spacial score (nSPS) is 12.0.